The van der Waals surface area contributed by atoms with Gasteiger partial charge in [-0.05, 0) is 87.1 Å². The van der Waals surface area contributed by atoms with Crippen LogP contribution in [0.4, 0.5) is 5.69 Å². The molecule has 1 aromatic carbocycles. The number of pyridine rings is 1. The number of nitrogens with one attached hydrogen (secondary N) is 2. The van der Waals surface area contributed by atoms with Crippen LogP contribution >= 0.6 is 0 Å². The second-order valence-corrected chi connectivity index (χ2v) is 12.4. The van der Waals surface area contributed by atoms with Crippen LogP contribution in [0.5, 0.6) is 0 Å². The second-order valence-electron chi connectivity index (χ2n) is 12.4. The van der Waals surface area contributed by atoms with Gasteiger partial charge in [-0.1, -0.05) is 6.07 Å². The van der Waals surface area contributed by atoms with Crippen LogP contribution in [0.3, 0.4) is 0 Å². The van der Waals surface area contributed by atoms with E-state index in [1.165, 1.54) is 41.8 Å². The summed E-state index contributed by atoms with van der Waals surface area (Å²) in [6.07, 6.45) is 10.3. The van der Waals surface area contributed by atoms with E-state index < -0.39 is 23.8 Å². The summed E-state index contributed by atoms with van der Waals surface area (Å²) in [7, 11) is 0. The summed E-state index contributed by atoms with van der Waals surface area (Å²) in [5.41, 5.74) is 7.43. The molecule has 4 amide bonds. The van der Waals surface area contributed by atoms with Crippen LogP contribution in [0, 0.1) is 5.92 Å². The molecule has 10 heteroatoms. The van der Waals surface area contributed by atoms with Crippen LogP contribution in [-0.4, -0.2) is 55.9 Å². The van der Waals surface area contributed by atoms with Crippen LogP contribution in [0.25, 0.3) is 11.3 Å². The Morgan fingerprint density at radius 1 is 0.905 bits per heavy atom. The molecule has 2 N–H and O–H groups in total. The van der Waals surface area contributed by atoms with Crippen molar-refractivity contribution in [3.63, 3.8) is 0 Å². The largest absolute Gasteiger partial charge is 0.385 e. The molecule has 2 saturated carbocycles. The van der Waals surface area contributed by atoms with Gasteiger partial charge >= 0.3 is 0 Å². The summed E-state index contributed by atoms with van der Waals surface area (Å²) in [5, 5.41) is 10.7. The Kier molecular flexibility index (Phi) is 5.80. The van der Waals surface area contributed by atoms with Crippen LogP contribution < -0.4 is 10.6 Å². The molecule has 42 heavy (non-hydrogen) atoms. The van der Waals surface area contributed by atoms with Gasteiger partial charge in [0.2, 0.25) is 11.8 Å². The summed E-state index contributed by atoms with van der Waals surface area (Å²) >= 11 is 0. The molecule has 0 bridgehead atoms. The lowest BCUT2D eigenvalue weighted by Crippen LogP contribution is -2.54. The first kappa shape index (κ1) is 25.4. The average Bonchev–Trinajstić information content (AvgIpc) is 3.44. The standard InChI is InChI=1S/C32H32N6O4/c39-28-11-10-27(30(40)35-28)38-31(41)22-8-7-20(14-23(22)32(38)42)33-15-17-12-21(13-17)37-16-24(29(36-37)19-4-5-19)26-9-6-18-2-1-3-25(18)34-26/h6-9,14,16-17,19,21,27,33H,1-5,10-13,15H2,(H,35,39,40). The molecule has 5 aliphatic rings. The van der Waals surface area contributed by atoms with Crippen LogP contribution in [0.1, 0.15) is 94.6 Å². The van der Waals surface area contributed by atoms with E-state index >= 15 is 0 Å². The molecule has 3 fully saturated rings. The zero-order valence-corrected chi connectivity index (χ0v) is 23.3. The van der Waals surface area contributed by atoms with Crippen molar-refractivity contribution in [2.75, 3.05) is 11.9 Å². The Labute approximate surface area is 242 Å². The van der Waals surface area contributed by atoms with Crippen LogP contribution in [0.2, 0.25) is 0 Å². The number of carbonyl (C=O) groups is 4. The monoisotopic (exact) mass is 564 g/mol. The minimum atomic E-state index is -0.958. The van der Waals surface area contributed by atoms with Crippen LogP contribution in [0.15, 0.2) is 36.5 Å². The highest BCUT2D eigenvalue weighted by Gasteiger charge is 2.44. The number of imide groups is 2. The highest BCUT2D eigenvalue weighted by molar-refractivity contribution is 6.23. The molecule has 10 nitrogen and oxygen atoms in total. The maximum Gasteiger partial charge on any atom is 0.262 e. The quantitative estimate of drug-likeness (QED) is 0.418. The third-order valence-electron chi connectivity index (χ3n) is 9.55. The van der Waals surface area contributed by atoms with Gasteiger partial charge in [0.1, 0.15) is 6.04 Å². The van der Waals surface area contributed by atoms with Gasteiger partial charge in [-0.25, -0.2) is 0 Å². The van der Waals surface area contributed by atoms with E-state index in [-0.39, 0.29) is 29.9 Å². The summed E-state index contributed by atoms with van der Waals surface area (Å²) in [4.78, 5) is 55.9. The van der Waals surface area contributed by atoms with E-state index in [2.05, 4.69) is 33.6 Å². The topological polar surface area (TPSA) is 126 Å². The van der Waals surface area contributed by atoms with Gasteiger partial charge < -0.3 is 5.32 Å². The molecule has 3 aliphatic carbocycles. The molecular weight excluding hydrogens is 532 g/mol. The number of hydrogen-bond donors (Lipinski definition) is 2. The fraction of sp³-hybridized carbons (Fsp3) is 0.438. The number of hydrogen-bond acceptors (Lipinski definition) is 7. The molecule has 214 valence electrons. The highest BCUT2D eigenvalue weighted by Crippen LogP contribution is 2.46. The number of aromatic nitrogens is 3. The molecule has 1 saturated heterocycles. The smallest absolute Gasteiger partial charge is 0.262 e. The molecule has 2 aromatic heterocycles. The van der Waals surface area contributed by atoms with Crippen molar-refractivity contribution >= 4 is 29.3 Å². The molecule has 8 rings (SSSR count). The zero-order chi connectivity index (χ0) is 28.5. The Balaban J connectivity index is 0.915. The minimum absolute atomic E-state index is 0.103. The van der Waals surface area contributed by atoms with E-state index in [4.69, 9.17) is 10.1 Å². The normalized spacial score (nSPS) is 24.9. The molecule has 0 radical (unpaired) electrons. The molecule has 1 atom stereocenters. The van der Waals surface area contributed by atoms with Gasteiger partial charge in [0, 0.05) is 42.0 Å². The number of carbonyl (C=O) groups excluding carboxylic acids is 4. The van der Waals surface area contributed by atoms with Crippen molar-refractivity contribution in [1.82, 2.24) is 25.0 Å². The van der Waals surface area contributed by atoms with E-state index in [0.29, 0.717) is 17.9 Å². The first-order valence-corrected chi connectivity index (χ1v) is 15.1. The fourth-order valence-corrected chi connectivity index (χ4v) is 6.95. The van der Waals surface area contributed by atoms with Crippen molar-refractivity contribution in [1.29, 1.82) is 0 Å². The van der Waals surface area contributed by atoms with Gasteiger partial charge in [-0.2, -0.15) is 5.10 Å². The molecule has 2 aliphatic heterocycles. The molecular formula is C32H32N6O4. The summed E-state index contributed by atoms with van der Waals surface area (Å²) < 4.78 is 2.16. The van der Waals surface area contributed by atoms with Crippen molar-refractivity contribution in [2.45, 2.75) is 75.8 Å². The van der Waals surface area contributed by atoms with Gasteiger partial charge in [0.15, 0.2) is 0 Å². The number of nitrogens with zero attached hydrogens (tertiary/aromatic N) is 4. The number of fused-ring (bicyclic) bond motifs is 2. The highest BCUT2D eigenvalue weighted by atomic mass is 16.2. The Morgan fingerprint density at radius 2 is 1.74 bits per heavy atom. The van der Waals surface area contributed by atoms with Crippen molar-refractivity contribution in [3.8, 4) is 11.3 Å². The number of benzene rings is 1. The van der Waals surface area contributed by atoms with Gasteiger partial charge in [-0.15, -0.1) is 0 Å². The third-order valence-corrected chi connectivity index (χ3v) is 9.55. The predicted octanol–water partition coefficient (Wildman–Crippen LogP) is 3.78. The summed E-state index contributed by atoms with van der Waals surface area (Å²) in [5.74, 6) is -0.946. The maximum atomic E-state index is 13.1. The minimum Gasteiger partial charge on any atom is -0.385 e. The average molecular weight is 565 g/mol. The number of rotatable bonds is 7. The Morgan fingerprint density at radius 3 is 2.55 bits per heavy atom. The van der Waals surface area contributed by atoms with E-state index in [0.717, 1.165) is 48.5 Å². The second kappa shape index (κ2) is 9.61. The number of aryl methyl sites for hydroxylation is 2. The number of amides is 4. The van der Waals surface area contributed by atoms with E-state index in [1.54, 1.807) is 18.2 Å². The van der Waals surface area contributed by atoms with Crippen molar-refractivity contribution in [3.05, 3.63) is 64.6 Å². The molecule has 0 spiro atoms. The Hall–Kier alpha value is -4.34. The fourth-order valence-electron chi connectivity index (χ4n) is 6.95. The maximum absolute atomic E-state index is 13.1. The lowest BCUT2D eigenvalue weighted by atomic mass is 9.80. The van der Waals surface area contributed by atoms with E-state index in [9.17, 15) is 19.2 Å². The molecule has 3 aromatic rings. The lowest BCUT2D eigenvalue weighted by Gasteiger charge is -2.35. The third kappa shape index (κ3) is 4.23. The molecule has 4 heterocycles. The number of anilines is 1. The summed E-state index contributed by atoms with van der Waals surface area (Å²) in [6, 6.07) is 8.97. The van der Waals surface area contributed by atoms with Gasteiger partial charge in [-0.3, -0.25) is 39.1 Å². The van der Waals surface area contributed by atoms with E-state index in [1.807, 2.05) is 0 Å². The number of piperidine rings is 1. The first-order valence-electron chi connectivity index (χ1n) is 15.1. The zero-order valence-electron chi connectivity index (χ0n) is 23.3. The molecule has 1 unspecified atom stereocenters. The van der Waals surface area contributed by atoms with Crippen LogP contribution in [-0.2, 0) is 22.4 Å². The van der Waals surface area contributed by atoms with Gasteiger partial charge in [0.05, 0.1) is 28.6 Å². The SMILES string of the molecule is O=C1CCC(N2C(=O)c3ccc(NCC4CC(n5cc(-c6ccc7c(n6)CCC7)c(C6CC6)n5)C4)cc3C2=O)C(=O)N1. The van der Waals surface area contributed by atoms with Crippen molar-refractivity contribution < 1.29 is 19.2 Å². The van der Waals surface area contributed by atoms with Gasteiger partial charge in [0.25, 0.3) is 11.8 Å². The summed E-state index contributed by atoms with van der Waals surface area (Å²) in [6.45, 7) is 0.754. The van der Waals surface area contributed by atoms with Crippen molar-refractivity contribution in [2.24, 2.45) is 5.92 Å². The predicted molar refractivity (Wildman–Crippen MR) is 153 cm³/mol. The Bertz CT molecular complexity index is 1670. The first-order chi connectivity index (χ1) is 20.4. The lowest BCUT2D eigenvalue weighted by molar-refractivity contribution is -0.136.